The highest BCUT2D eigenvalue weighted by Gasteiger charge is 1.94. The van der Waals surface area contributed by atoms with Crippen LogP contribution in [-0.2, 0) is 10.7 Å². The lowest BCUT2D eigenvalue weighted by Gasteiger charge is -1.85. The van der Waals surface area contributed by atoms with Crippen molar-refractivity contribution in [3.63, 3.8) is 0 Å². The van der Waals surface area contributed by atoms with Crippen LogP contribution < -0.4 is 0 Å². The second-order valence-corrected chi connectivity index (χ2v) is 3.30. The van der Waals surface area contributed by atoms with Crippen LogP contribution in [0.5, 0.6) is 0 Å². The molecule has 40 valence electrons. The van der Waals surface area contributed by atoms with Crippen molar-refractivity contribution in [2.24, 2.45) is 4.36 Å². The molecule has 1 aliphatic heterocycles. The average molecular weight is 115 g/mol. The fourth-order valence-corrected chi connectivity index (χ4v) is 1.76. The minimum Gasteiger partial charge on any atom is -0.264 e. The molecule has 0 N–H and O–H groups in total. The fraction of sp³-hybridized carbons (Fsp3) is 0.600. The number of nitrogens with zero attached hydrogens (tertiary/aromatic N) is 1. The standard InChI is InChI=1S/C5H9NS/c1-6-7-4-2-3-5-7/h2,4H,3,5H2,1H3/t7-/m1/s1. The van der Waals surface area contributed by atoms with Crippen molar-refractivity contribution in [3.8, 4) is 0 Å². The van der Waals surface area contributed by atoms with Crippen LogP contribution in [0.2, 0.25) is 0 Å². The Hall–Kier alpha value is -0.110. The first-order valence-electron chi connectivity index (χ1n) is 2.40. The number of hydrogen-bond donors (Lipinski definition) is 0. The van der Waals surface area contributed by atoms with Crippen LogP contribution >= 0.6 is 0 Å². The van der Waals surface area contributed by atoms with Crippen molar-refractivity contribution < 1.29 is 0 Å². The van der Waals surface area contributed by atoms with Gasteiger partial charge in [0.15, 0.2) is 0 Å². The maximum absolute atomic E-state index is 4.13. The van der Waals surface area contributed by atoms with E-state index in [2.05, 4.69) is 15.8 Å². The van der Waals surface area contributed by atoms with Gasteiger partial charge in [0.25, 0.3) is 0 Å². The van der Waals surface area contributed by atoms with E-state index in [-0.39, 0.29) is 0 Å². The lowest BCUT2D eigenvalue weighted by atomic mass is 10.5. The van der Waals surface area contributed by atoms with Crippen molar-refractivity contribution in [2.45, 2.75) is 6.42 Å². The first kappa shape index (κ1) is 5.04. The minimum atomic E-state index is 0.310. The summed E-state index contributed by atoms with van der Waals surface area (Å²) in [6, 6.07) is 0. The highest BCUT2D eigenvalue weighted by molar-refractivity contribution is 7.90. The van der Waals surface area contributed by atoms with E-state index in [1.165, 1.54) is 12.2 Å². The van der Waals surface area contributed by atoms with E-state index in [0.717, 1.165) is 0 Å². The molecule has 2 heteroatoms. The van der Waals surface area contributed by atoms with E-state index in [1.807, 2.05) is 7.05 Å². The molecule has 7 heavy (non-hydrogen) atoms. The molecule has 1 nitrogen and oxygen atoms in total. The van der Waals surface area contributed by atoms with Gasteiger partial charge in [-0.15, -0.1) is 0 Å². The van der Waals surface area contributed by atoms with Crippen molar-refractivity contribution in [3.05, 3.63) is 11.5 Å². The minimum absolute atomic E-state index is 0.310. The Morgan fingerprint density at radius 1 is 1.71 bits per heavy atom. The lowest BCUT2D eigenvalue weighted by Crippen LogP contribution is -1.81. The largest absolute Gasteiger partial charge is 0.264 e. The summed E-state index contributed by atoms with van der Waals surface area (Å²) < 4.78 is 4.13. The second-order valence-electron chi connectivity index (χ2n) is 1.45. The van der Waals surface area contributed by atoms with Gasteiger partial charge >= 0.3 is 0 Å². The molecule has 0 unspecified atom stereocenters. The summed E-state index contributed by atoms with van der Waals surface area (Å²) in [5.74, 6) is 1.26. The topological polar surface area (TPSA) is 12.4 Å². The molecule has 1 heterocycles. The van der Waals surface area contributed by atoms with Crippen LogP contribution in [0, 0.1) is 0 Å². The molecule has 0 amide bonds. The molecule has 0 saturated carbocycles. The fourth-order valence-electron chi connectivity index (χ4n) is 0.588. The van der Waals surface area contributed by atoms with Gasteiger partial charge in [-0.2, -0.15) is 0 Å². The summed E-state index contributed by atoms with van der Waals surface area (Å²) in [7, 11) is 2.20. The zero-order valence-corrected chi connectivity index (χ0v) is 5.24. The van der Waals surface area contributed by atoms with E-state index in [1.54, 1.807) is 0 Å². The number of hydrogen-bond acceptors (Lipinski definition) is 1. The molecule has 1 aliphatic rings. The maximum atomic E-state index is 4.13. The molecule has 0 aromatic carbocycles. The normalized spacial score (nSPS) is 29.6. The predicted octanol–water partition coefficient (Wildman–Crippen LogP) is 1.34. The predicted molar refractivity (Wildman–Crippen MR) is 34.3 cm³/mol. The van der Waals surface area contributed by atoms with Crippen molar-refractivity contribution in [1.29, 1.82) is 0 Å². The Kier molecular flexibility index (Phi) is 1.63. The van der Waals surface area contributed by atoms with Crippen molar-refractivity contribution in [2.75, 3.05) is 12.8 Å². The van der Waals surface area contributed by atoms with Gasteiger partial charge in [-0.05, 0) is 11.8 Å². The summed E-state index contributed by atoms with van der Waals surface area (Å²) in [6.07, 6.45) is 3.44. The summed E-state index contributed by atoms with van der Waals surface area (Å²) >= 11 is 0. The van der Waals surface area contributed by atoms with Crippen molar-refractivity contribution in [1.82, 2.24) is 0 Å². The Labute approximate surface area is 46.5 Å². The van der Waals surface area contributed by atoms with E-state index in [0.29, 0.717) is 10.7 Å². The summed E-state index contributed by atoms with van der Waals surface area (Å²) in [4.78, 5) is 0. The molecule has 0 aromatic rings. The Balaban J connectivity index is 2.59. The van der Waals surface area contributed by atoms with Crippen molar-refractivity contribution >= 4 is 10.7 Å². The third-order valence-electron chi connectivity index (χ3n) is 0.981. The highest BCUT2D eigenvalue weighted by atomic mass is 32.2. The Morgan fingerprint density at radius 2 is 2.57 bits per heavy atom. The molecule has 0 radical (unpaired) electrons. The number of rotatable bonds is 0. The first-order chi connectivity index (χ1) is 3.43. The summed E-state index contributed by atoms with van der Waals surface area (Å²) in [5.41, 5.74) is 0. The van der Waals surface area contributed by atoms with Crippen LogP contribution in [0.3, 0.4) is 0 Å². The second kappa shape index (κ2) is 2.26. The van der Waals surface area contributed by atoms with Gasteiger partial charge in [0.1, 0.15) is 0 Å². The van der Waals surface area contributed by atoms with Crippen LogP contribution in [0.25, 0.3) is 0 Å². The Bertz CT molecular complexity index is 112. The van der Waals surface area contributed by atoms with Crippen LogP contribution in [-0.4, -0.2) is 12.8 Å². The maximum Gasteiger partial charge on any atom is 0.0350 e. The molecule has 0 saturated heterocycles. The molecule has 0 fully saturated rings. The first-order valence-corrected chi connectivity index (χ1v) is 3.81. The molecule has 0 spiro atoms. The summed E-state index contributed by atoms with van der Waals surface area (Å²) in [6.45, 7) is 0. The molecular weight excluding hydrogens is 106 g/mol. The zero-order valence-electron chi connectivity index (χ0n) is 4.42. The van der Waals surface area contributed by atoms with Crippen LogP contribution in [0.15, 0.2) is 15.8 Å². The van der Waals surface area contributed by atoms with E-state index in [9.17, 15) is 0 Å². The third kappa shape index (κ3) is 1.13. The SMILES string of the molecule is CN=[S@@]1C=CCC1. The van der Waals surface area contributed by atoms with Gasteiger partial charge in [-0.25, -0.2) is 0 Å². The molecule has 0 bridgehead atoms. The van der Waals surface area contributed by atoms with Gasteiger partial charge in [0.05, 0.1) is 0 Å². The third-order valence-corrected chi connectivity index (χ3v) is 2.61. The monoisotopic (exact) mass is 115 g/mol. The van der Waals surface area contributed by atoms with E-state index >= 15 is 0 Å². The van der Waals surface area contributed by atoms with Gasteiger partial charge in [0, 0.05) is 12.8 Å². The van der Waals surface area contributed by atoms with Crippen LogP contribution in [0.1, 0.15) is 6.42 Å². The molecule has 0 aliphatic carbocycles. The highest BCUT2D eigenvalue weighted by Crippen LogP contribution is 2.02. The van der Waals surface area contributed by atoms with Gasteiger partial charge in [-0.3, -0.25) is 4.36 Å². The quantitative estimate of drug-likeness (QED) is 0.451. The smallest absolute Gasteiger partial charge is 0.0350 e. The van der Waals surface area contributed by atoms with E-state index in [4.69, 9.17) is 0 Å². The molecule has 1 atom stereocenters. The lowest BCUT2D eigenvalue weighted by molar-refractivity contribution is 1.27. The van der Waals surface area contributed by atoms with E-state index < -0.39 is 0 Å². The zero-order chi connectivity index (χ0) is 5.11. The Morgan fingerprint density at radius 3 is 2.86 bits per heavy atom. The van der Waals surface area contributed by atoms with Gasteiger partial charge in [0.2, 0.25) is 0 Å². The molecular formula is C5H9NS. The number of allylic oxidation sites excluding steroid dienone is 1. The van der Waals surface area contributed by atoms with Crippen LogP contribution in [0.4, 0.5) is 0 Å². The molecule has 0 aromatic heterocycles. The van der Waals surface area contributed by atoms with Gasteiger partial charge in [-0.1, -0.05) is 16.8 Å². The molecule has 1 rings (SSSR count). The summed E-state index contributed by atoms with van der Waals surface area (Å²) in [5, 5.41) is 2.19. The average Bonchev–Trinajstić information content (AvgIpc) is 2.14. The van der Waals surface area contributed by atoms with Gasteiger partial charge < -0.3 is 0 Å².